The summed E-state index contributed by atoms with van der Waals surface area (Å²) in [5.74, 6) is 8.71. The third kappa shape index (κ3) is 10.4. The Morgan fingerprint density at radius 1 is 0.946 bits per heavy atom. The van der Waals surface area contributed by atoms with Crippen molar-refractivity contribution in [1.82, 2.24) is 16.1 Å². The average Bonchev–Trinajstić information content (AvgIpc) is 2.85. The molecule has 0 saturated carbocycles. The number of amides is 3. The Morgan fingerprint density at radius 3 is 1.97 bits per heavy atom. The quantitative estimate of drug-likeness (QED) is 0.177. The van der Waals surface area contributed by atoms with E-state index in [-0.39, 0.29) is 5.56 Å². The number of rotatable bonds is 8. The number of hydroxylamine groups is 1. The standard InChI is InChI=1S/C25H23F3N4O5/c1-16(33)22(24(36)32-37)31-23(35)19-10-6-17(7-11-19)4-2-3-5-18-8-12-20(13-9-18)30-21(34)14-29-15-25(26,27)28/h6-13,16,22,29,33,37H,14-15H2,1H3,(H,30,34)(H,31,35)(H,32,36). The van der Waals surface area contributed by atoms with Crippen molar-refractivity contribution in [1.29, 1.82) is 0 Å². The van der Waals surface area contributed by atoms with Crippen LogP contribution in [0, 0.1) is 23.7 Å². The van der Waals surface area contributed by atoms with Crippen LogP contribution in [0.5, 0.6) is 0 Å². The van der Waals surface area contributed by atoms with Crippen molar-refractivity contribution in [2.45, 2.75) is 25.2 Å². The Labute approximate surface area is 210 Å². The maximum absolute atomic E-state index is 12.3. The van der Waals surface area contributed by atoms with Gasteiger partial charge in [-0.25, -0.2) is 5.48 Å². The zero-order valence-corrected chi connectivity index (χ0v) is 19.4. The van der Waals surface area contributed by atoms with Crippen LogP contribution in [-0.4, -0.2) is 59.4 Å². The second kappa shape index (κ2) is 13.7. The molecule has 2 atom stereocenters. The van der Waals surface area contributed by atoms with E-state index in [0.29, 0.717) is 16.8 Å². The summed E-state index contributed by atoms with van der Waals surface area (Å²) in [5, 5.41) is 25.1. The van der Waals surface area contributed by atoms with E-state index in [1.807, 2.05) is 5.32 Å². The number of halogens is 3. The number of aliphatic hydroxyl groups is 1. The van der Waals surface area contributed by atoms with Crippen molar-refractivity contribution in [3.63, 3.8) is 0 Å². The van der Waals surface area contributed by atoms with E-state index in [4.69, 9.17) is 5.21 Å². The first kappa shape index (κ1) is 28.9. The lowest BCUT2D eigenvalue weighted by Gasteiger charge is -2.19. The van der Waals surface area contributed by atoms with Crippen LogP contribution in [-0.2, 0) is 9.59 Å². The van der Waals surface area contributed by atoms with Crippen molar-refractivity contribution >= 4 is 23.4 Å². The second-order valence-electron chi connectivity index (χ2n) is 7.59. The average molecular weight is 516 g/mol. The van der Waals surface area contributed by atoms with Crippen LogP contribution in [0.3, 0.4) is 0 Å². The van der Waals surface area contributed by atoms with Gasteiger partial charge in [0.2, 0.25) is 5.91 Å². The molecule has 2 rings (SSSR count). The number of carbonyl (C=O) groups is 3. The molecule has 6 N–H and O–H groups in total. The molecule has 0 aromatic heterocycles. The number of carbonyl (C=O) groups excluding carboxylic acids is 3. The molecule has 37 heavy (non-hydrogen) atoms. The molecule has 2 unspecified atom stereocenters. The summed E-state index contributed by atoms with van der Waals surface area (Å²) in [7, 11) is 0. The lowest BCUT2D eigenvalue weighted by atomic mass is 10.1. The Bertz CT molecular complexity index is 1220. The number of anilines is 1. The number of alkyl halides is 3. The van der Waals surface area contributed by atoms with Crippen LogP contribution in [0.2, 0.25) is 0 Å². The van der Waals surface area contributed by atoms with E-state index in [1.165, 1.54) is 24.5 Å². The molecule has 0 aliphatic carbocycles. The predicted molar refractivity (Wildman–Crippen MR) is 127 cm³/mol. The van der Waals surface area contributed by atoms with Gasteiger partial charge in [0.1, 0.15) is 6.04 Å². The Hall–Kier alpha value is -4.36. The molecule has 0 bridgehead atoms. The van der Waals surface area contributed by atoms with E-state index >= 15 is 0 Å². The fraction of sp³-hybridized carbons (Fsp3) is 0.240. The molecule has 0 spiro atoms. The van der Waals surface area contributed by atoms with Gasteiger partial charge in [0.25, 0.3) is 11.8 Å². The second-order valence-corrected chi connectivity index (χ2v) is 7.59. The summed E-state index contributed by atoms with van der Waals surface area (Å²) in [6.45, 7) is -0.451. The molecular weight excluding hydrogens is 493 g/mol. The van der Waals surface area contributed by atoms with Crippen LogP contribution in [0.4, 0.5) is 18.9 Å². The maximum Gasteiger partial charge on any atom is 0.401 e. The van der Waals surface area contributed by atoms with Crippen molar-refractivity contribution in [2.75, 3.05) is 18.4 Å². The molecule has 2 aromatic rings. The Balaban J connectivity index is 1.90. The predicted octanol–water partition coefficient (Wildman–Crippen LogP) is 1.16. The Kier molecular flexibility index (Phi) is 10.7. The van der Waals surface area contributed by atoms with Crippen molar-refractivity contribution in [3.05, 3.63) is 65.2 Å². The summed E-state index contributed by atoms with van der Waals surface area (Å²) in [6.07, 6.45) is -5.63. The van der Waals surface area contributed by atoms with E-state index in [0.717, 1.165) is 0 Å². The van der Waals surface area contributed by atoms with Gasteiger partial charge < -0.3 is 21.1 Å². The fourth-order valence-corrected chi connectivity index (χ4v) is 2.77. The Morgan fingerprint density at radius 2 is 1.49 bits per heavy atom. The molecule has 0 radical (unpaired) electrons. The van der Waals surface area contributed by atoms with Gasteiger partial charge in [-0.1, -0.05) is 11.8 Å². The summed E-state index contributed by atoms with van der Waals surface area (Å²) in [4.78, 5) is 35.4. The fourth-order valence-electron chi connectivity index (χ4n) is 2.77. The van der Waals surface area contributed by atoms with Gasteiger partial charge in [-0.3, -0.25) is 19.6 Å². The number of hydrogen-bond acceptors (Lipinski definition) is 6. The molecule has 2 aromatic carbocycles. The monoisotopic (exact) mass is 516 g/mol. The summed E-state index contributed by atoms with van der Waals surface area (Å²) in [6, 6.07) is 11.0. The van der Waals surface area contributed by atoms with Crippen molar-refractivity contribution in [3.8, 4) is 23.7 Å². The zero-order chi connectivity index (χ0) is 27.4. The molecule has 9 nitrogen and oxygen atoms in total. The van der Waals surface area contributed by atoms with E-state index in [9.17, 15) is 32.7 Å². The molecule has 3 amide bonds. The van der Waals surface area contributed by atoms with Gasteiger partial charge in [0.15, 0.2) is 0 Å². The largest absolute Gasteiger partial charge is 0.401 e. The molecule has 194 valence electrons. The smallest absolute Gasteiger partial charge is 0.391 e. The van der Waals surface area contributed by atoms with E-state index < -0.39 is 49.1 Å². The highest BCUT2D eigenvalue weighted by molar-refractivity contribution is 5.97. The first-order chi connectivity index (χ1) is 17.5. The highest BCUT2D eigenvalue weighted by atomic mass is 19.4. The molecule has 0 saturated heterocycles. The number of nitrogens with one attached hydrogen (secondary N) is 4. The van der Waals surface area contributed by atoms with Crippen LogP contribution >= 0.6 is 0 Å². The third-order valence-electron chi connectivity index (χ3n) is 4.56. The minimum Gasteiger partial charge on any atom is -0.391 e. The SMILES string of the molecule is CC(O)C(NC(=O)c1ccc(C#CC#Cc2ccc(NC(=O)CNCC(F)(F)F)cc2)cc1)C(=O)NO. The summed E-state index contributed by atoms with van der Waals surface area (Å²) in [5.41, 5.74) is 3.13. The topological polar surface area (TPSA) is 140 Å². The van der Waals surface area contributed by atoms with Gasteiger partial charge in [-0.05, 0) is 67.3 Å². The third-order valence-corrected chi connectivity index (χ3v) is 4.56. The molecule has 0 aliphatic rings. The number of benzene rings is 2. The highest BCUT2D eigenvalue weighted by Crippen LogP contribution is 2.12. The molecule has 0 fully saturated rings. The zero-order valence-electron chi connectivity index (χ0n) is 19.4. The first-order valence-corrected chi connectivity index (χ1v) is 10.7. The minimum absolute atomic E-state index is 0.205. The first-order valence-electron chi connectivity index (χ1n) is 10.7. The van der Waals surface area contributed by atoms with Gasteiger partial charge >= 0.3 is 6.18 Å². The molecule has 12 heteroatoms. The maximum atomic E-state index is 12.3. The van der Waals surface area contributed by atoms with Gasteiger partial charge in [-0.2, -0.15) is 13.2 Å². The van der Waals surface area contributed by atoms with Crippen LogP contribution in [0.1, 0.15) is 28.4 Å². The highest BCUT2D eigenvalue weighted by Gasteiger charge is 2.27. The lowest BCUT2D eigenvalue weighted by molar-refractivity contribution is -0.133. The lowest BCUT2D eigenvalue weighted by Crippen LogP contribution is -2.51. The van der Waals surface area contributed by atoms with Crippen molar-refractivity contribution in [2.24, 2.45) is 0 Å². The van der Waals surface area contributed by atoms with Gasteiger partial charge in [0.05, 0.1) is 19.2 Å². The van der Waals surface area contributed by atoms with E-state index in [1.54, 1.807) is 36.4 Å². The molecule has 0 aliphatic heterocycles. The van der Waals surface area contributed by atoms with Gasteiger partial charge in [0, 0.05) is 22.4 Å². The minimum atomic E-state index is -4.39. The molecular formula is C25H23F3N4O5. The van der Waals surface area contributed by atoms with Crippen LogP contribution in [0.25, 0.3) is 0 Å². The van der Waals surface area contributed by atoms with Crippen molar-refractivity contribution < 1.29 is 37.9 Å². The normalized spacial score (nSPS) is 12.1. The van der Waals surface area contributed by atoms with Crippen LogP contribution < -0.4 is 21.4 Å². The van der Waals surface area contributed by atoms with E-state index in [2.05, 4.69) is 34.3 Å². The number of hydrogen-bond donors (Lipinski definition) is 6. The van der Waals surface area contributed by atoms with Crippen LogP contribution in [0.15, 0.2) is 48.5 Å². The number of aliphatic hydroxyl groups excluding tert-OH is 1. The summed E-state index contributed by atoms with van der Waals surface area (Å²) >= 11 is 0. The molecule has 0 heterocycles. The van der Waals surface area contributed by atoms with Gasteiger partial charge in [-0.15, -0.1) is 0 Å². The summed E-state index contributed by atoms with van der Waals surface area (Å²) < 4.78 is 36.2.